The highest BCUT2D eigenvalue weighted by Crippen LogP contribution is 2.16. The second-order valence-electron chi connectivity index (χ2n) is 7.82. The molecule has 0 aliphatic rings. The average Bonchev–Trinajstić information content (AvgIpc) is 2.80. The molecule has 1 aromatic heterocycles. The number of hydrogen-bond donors (Lipinski definition) is 3. The highest BCUT2D eigenvalue weighted by Gasteiger charge is 2.22. The molecule has 172 valence electrons. The van der Waals surface area contributed by atoms with Gasteiger partial charge in [-0.2, -0.15) is 0 Å². The molecule has 3 rings (SSSR count). The summed E-state index contributed by atoms with van der Waals surface area (Å²) in [6.45, 7) is 4.97. The van der Waals surface area contributed by atoms with Crippen molar-refractivity contribution in [3.05, 3.63) is 89.1 Å². The molecular weight excluding hydrogens is 418 g/mol. The van der Waals surface area contributed by atoms with E-state index in [0.29, 0.717) is 17.9 Å². The molecule has 0 saturated carbocycles. The summed E-state index contributed by atoms with van der Waals surface area (Å²) < 4.78 is 5.75. The Kier molecular flexibility index (Phi) is 8.41. The Hall–Kier alpha value is -3.87. The molecule has 7 heteroatoms. The largest absolute Gasteiger partial charge is 0.494 e. The van der Waals surface area contributed by atoms with Crippen molar-refractivity contribution >= 4 is 17.7 Å². The monoisotopic (exact) mass is 447 g/mol. The van der Waals surface area contributed by atoms with E-state index >= 15 is 0 Å². The topological polar surface area (TPSA) is 101 Å². The van der Waals surface area contributed by atoms with E-state index in [9.17, 15) is 14.7 Å². The molecule has 0 aliphatic carbocycles. The first-order valence-electron chi connectivity index (χ1n) is 10.9. The molecule has 0 aliphatic heterocycles. The Morgan fingerprint density at radius 3 is 2.36 bits per heavy atom. The number of aryl methyl sites for hydroxylation is 2. The lowest BCUT2D eigenvalue weighted by atomic mass is 10.0. The lowest BCUT2D eigenvalue weighted by molar-refractivity contribution is -0.139. The first-order chi connectivity index (χ1) is 15.9. The van der Waals surface area contributed by atoms with Gasteiger partial charge in [-0.1, -0.05) is 36.4 Å². The molecule has 0 bridgehead atoms. The normalized spacial score (nSPS) is 11.5. The number of pyridine rings is 1. The fraction of sp³-hybridized carbons (Fsp3) is 0.269. The van der Waals surface area contributed by atoms with Crippen molar-refractivity contribution in [2.24, 2.45) is 0 Å². The van der Waals surface area contributed by atoms with Gasteiger partial charge in [0, 0.05) is 24.7 Å². The summed E-state index contributed by atoms with van der Waals surface area (Å²) in [5.74, 6) is 0.0927. The van der Waals surface area contributed by atoms with E-state index in [1.807, 2.05) is 74.5 Å². The number of carboxylic acid groups (broad SMARTS) is 1. The number of anilines is 1. The smallest absolute Gasteiger partial charge is 0.326 e. The molecule has 0 spiro atoms. The standard InChI is InChI=1S/C26H29N3O4/c1-18-7-5-8-19(2)24(18)25(30)29-22(26(31)32)17-20-10-12-21(13-11-20)33-16-6-15-28-23-9-3-4-14-27-23/h3-5,7-14,22H,6,15-17H2,1-2H3,(H,27,28)(H,29,30)(H,31,32). The van der Waals surface area contributed by atoms with Gasteiger partial charge in [-0.25, -0.2) is 9.78 Å². The Bertz CT molecular complexity index is 1050. The number of aliphatic carboxylic acids is 1. The van der Waals surface area contributed by atoms with E-state index in [-0.39, 0.29) is 12.3 Å². The number of rotatable bonds is 11. The first-order valence-corrected chi connectivity index (χ1v) is 10.9. The maximum absolute atomic E-state index is 12.7. The van der Waals surface area contributed by atoms with Crippen LogP contribution in [0.15, 0.2) is 66.9 Å². The molecule has 0 saturated heterocycles. The minimum absolute atomic E-state index is 0.181. The van der Waals surface area contributed by atoms with E-state index in [1.54, 1.807) is 6.20 Å². The summed E-state index contributed by atoms with van der Waals surface area (Å²) in [5, 5.41) is 15.5. The average molecular weight is 448 g/mol. The number of carbonyl (C=O) groups is 2. The van der Waals surface area contributed by atoms with Gasteiger partial charge in [0.1, 0.15) is 17.6 Å². The molecule has 3 N–H and O–H groups in total. The molecule has 0 fully saturated rings. The SMILES string of the molecule is Cc1cccc(C)c1C(=O)NC(Cc1ccc(OCCCNc2ccccn2)cc1)C(=O)O. The predicted molar refractivity (Wildman–Crippen MR) is 128 cm³/mol. The van der Waals surface area contributed by atoms with Crippen LogP contribution in [0.1, 0.15) is 33.5 Å². The third-order valence-corrected chi connectivity index (χ3v) is 5.24. The molecule has 1 unspecified atom stereocenters. The fourth-order valence-corrected chi connectivity index (χ4v) is 3.51. The molecule has 33 heavy (non-hydrogen) atoms. The van der Waals surface area contributed by atoms with Gasteiger partial charge in [-0.05, 0) is 61.2 Å². The van der Waals surface area contributed by atoms with Crippen molar-refractivity contribution in [1.82, 2.24) is 10.3 Å². The van der Waals surface area contributed by atoms with E-state index in [0.717, 1.165) is 35.5 Å². The summed E-state index contributed by atoms with van der Waals surface area (Å²) >= 11 is 0. The first kappa shape index (κ1) is 23.8. The molecular formula is C26H29N3O4. The fourth-order valence-electron chi connectivity index (χ4n) is 3.51. The number of ether oxygens (including phenoxy) is 1. The Morgan fingerprint density at radius 1 is 1.00 bits per heavy atom. The van der Waals surface area contributed by atoms with Crippen LogP contribution in [0.25, 0.3) is 0 Å². The van der Waals surface area contributed by atoms with Crippen molar-refractivity contribution in [1.29, 1.82) is 0 Å². The minimum Gasteiger partial charge on any atom is -0.494 e. The van der Waals surface area contributed by atoms with Gasteiger partial charge in [0.25, 0.3) is 5.91 Å². The van der Waals surface area contributed by atoms with Crippen LogP contribution in [0, 0.1) is 13.8 Å². The van der Waals surface area contributed by atoms with Gasteiger partial charge in [0.15, 0.2) is 0 Å². The minimum atomic E-state index is -1.07. The Balaban J connectivity index is 1.49. The second kappa shape index (κ2) is 11.7. The maximum atomic E-state index is 12.7. The van der Waals surface area contributed by atoms with E-state index < -0.39 is 12.0 Å². The Labute approximate surface area is 193 Å². The molecule has 1 atom stereocenters. The third-order valence-electron chi connectivity index (χ3n) is 5.24. The summed E-state index contributed by atoms with van der Waals surface area (Å²) in [5.41, 5.74) is 2.94. The predicted octanol–water partition coefficient (Wildman–Crippen LogP) is 4.01. The lowest BCUT2D eigenvalue weighted by Gasteiger charge is -2.17. The van der Waals surface area contributed by atoms with Crippen molar-refractivity contribution in [2.75, 3.05) is 18.5 Å². The van der Waals surface area contributed by atoms with Crippen LogP contribution in [0.3, 0.4) is 0 Å². The van der Waals surface area contributed by atoms with Gasteiger partial charge < -0.3 is 20.5 Å². The van der Waals surface area contributed by atoms with E-state index in [2.05, 4.69) is 15.6 Å². The van der Waals surface area contributed by atoms with Crippen molar-refractivity contribution in [3.8, 4) is 5.75 Å². The van der Waals surface area contributed by atoms with Crippen LogP contribution < -0.4 is 15.4 Å². The second-order valence-corrected chi connectivity index (χ2v) is 7.82. The van der Waals surface area contributed by atoms with E-state index in [1.165, 1.54) is 0 Å². The van der Waals surface area contributed by atoms with Crippen LogP contribution in [0.2, 0.25) is 0 Å². The molecule has 1 amide bonds. The third kappa shape index (κ3) is 7.07. The number of nitrogens with zero attached hydrogens (tertiary/aromatic N) is 1. The highest BCUT2D eigenvalue weighted by atomic mass is 16.5. The van der Waals surface area contributed by atoms with Crippen molar-refractivity contribution in [3.63, 3.8) is 0 Å². The van der Waals surface area contributed by atoms with Gasteiger partial charge in [-0.15, -0.1) is 0 Å². The Morgan fingerprint density at radius 2 is 1.73 bits per heavy atom. The number of amides is 1. The van der Waals surface area contributed by atoms with E-state index in [4.69, 9.17) is 4.74 Å². The zero-order valence-electron chi connectivity index (χ0n) is 18.9. The molecule has 7 nitrogen and oxygen atoms in total. The number of benzene rings is 2. The van der Waals surface area contributed by atoms with Crippen LogP contribution >= 0.6 is 0 Å². The van der Waals surface area contributed by atoms with Gasteiger partial charge in [0.2, 0.25) is 0 Å². The summed E-state index contributed by atoms with van der Waals surface area (Å²) in [6, 6.07) is 17.5. The van der Waals surface area contributed by atoms with Crippen molar-refractivity contribution in [2.45, 2.75) is 32.7 Å². The summed E-state index contributed by atoms with van der Waals surface area (Å²) in [4.78, 5) is 28.7. The molecule has 3 aromatic rings. The highest BCUT2D eigenvalue weighted by molar-refractivity contribution is 5.99. The quantitative estimate of drug-likeness (QED) is 0.384. The zero-order chi connectivity index (χ0) is 23.6. The summed E-state index contributed by atoms with van der Waals surface area (Å²) in [6.07, 6.45) is 2.73. The van der Waals surface area contributed by atoms with Gasteiger partial charge in [0.05, 0.1) is 6.61 Å². The number of nitrogens with one attached hydrogen (secondary N) is 2. The summed E-state index contributed by atoms with van der Waals surface area (Å²) in [7, 11) is 0. The molecule has 1 heterocycles. The van der Waals surface area contributed by atoms with Crippen LogP contribution in [0.4, 0.5) is 5.82 Å². The zero-order valence-corrected chi connectivity index (χ0v) is 18.9. The van der Waals surface area contributed by atoms with Crippen LogP contribution in [-0.4, -0.2) is 41.2 Å². The number of hydrogen-bond acceptors (Lipinski definition) is 5. The van der Waals surface area contributed by atoms with Gasteiger partial charge in [-0.3, -0.25) is 4.79 Å². The van der Waals surface area contributed by atoms with Crippen LogP contribution in [-0.2, 0) is 11.2 Å². The lowest BCUT2D eigenvalue weighted by Crippen LogP contribution is -2.42. The van der Waals surface area contributed by atoms with Crippen molar-refractivity contribution < 1.29 is 19.4 Å². The van der Waals surface area contributed by atoms with Crippen LogP contribution in [0.5, 0.6) is 5.75 Å². The maximum Gasteiger partial charge on any atom is 0.326 e. The molecule has 2 aromatic carbocycles. The van der Waals surface area contributed by atoms with Gasteiger partial charge >= 0.3 is 5.97 Å². The number of carbonyl (C=O) groups excluding carboxylic acids is 1. The number of aromatic nitrogens is 1. The number of carboxylic acids is 1. The molecule has 0 radical (unpaired) electrons.